The van der Waals surface area contributed by atoms with Gasteiger partial charge < -0.3 is 0 Å². The van der Waals surface area contributed by atoms with Gasteiger partial charge in [-0.2, -0.15) is 17.5 Å². The molecule has 2 aliphatic carbocycles. The minimum Gasteiger partial charge on any atom is -0.172 e. The van der Waals surface area contributed by atoms with Crippen LogP contribution in [-0.4, -0.2) is 35.9 Å². The van der Waals surface area contributed by atoms with Crippen molar-refractivity contribution in [2.75, 3.05) is 0 Å². The van der Waals surface area contributed by atoms with Gasteiger partial charge in [-0.1, -0.05) is 39.1 Å². The second kappa shape index (κ2) is 23.0. The van der Waals surface area contributed by atoms with Crippen molar-refractivity contribution in [3.63, 3.8) is 0 Å². The van der Waals surface area contributed by atoms with E-state index in [1.807, 2.05) is 56.7 Å². The summed E-state index contributed by atoms with van der Waals surface area (Å²) >= 11 is 23.2. The number of benzene rings is 2. The maximum atomic E-state index is 4.75. The topological polar surface area (TPSA) is 51.6 Å². The normalized spacial score (nSPS) is 12.5. The molecule has 2 aromatic carbocycles. The van der Waals surface area contributed by atoms with Crippen molar-refractivity contribution in [2.45, 2.75) is 104 Å². The second-order valence-corrected chi connectivity index (χ2v) is 48.6. The van der Waals surface area contributed by atoms with E-state index in [0.717, 1.165) is 39.6 Å². The van der Waals surface area contributed by atoms with Gasteiger partial charge in [0.2, 0.25) is 0 Å². The molecule has 0 radical (unpaired) electrons. The van der Waals surface area contributed by atoms with Gasteiger partial charge in [-0.3, -0.25) is 0 Å². The Bertz CT molecular complexity index is 4010. The Hall–Kier alpha value is -2.56. The van der Waals surface area contributed by atoms with E-state index in [1.165, 1.54) is 148 Å². The Morgan fingerprint density at radius 3 is 1.16 bits per heavy atom. The SMILES string of the molecule is C.C.Cc1cc(-c2ccc(-c3cc(C)c(Br)s3)c3nsnc23)sc1Br.Cc1cc2c(s1)-c1s[c]([Sn]([CH3])([CH3])[CH3])cc1CC2.Cc1cc2c(s1)-c1sc(-c3sc(-c4ccc(-c5cc(C)c(C)s5)c5nsnc45)cc3C)cc1CC2. The summed E-state index contributed by atoms with van der Waals surface area (Å²) in [6.45, 7) is 15.3. The predicted octanol–water partition coefficient (Wildman–Crippen LogP) is 22.9. The molecule has 0 spiro atoms. The third kappa shape index (κ3) is 11.1. The maximum Gasteiger partial charge on any atom is 0.114 e. The van der Waals surface area contributed by atoms with Crippen molar-refractivity contribution >= 4 is 189 Å². The van der Waals surface area contributed by atoms with Crippen molar-refractivity contribution in [1.29, 1.82) is 0 Å². The molecule has 12 aromatic rings. The monoisotopic (exact) mass is 1430 g/mol. The summed E-state index contributed by atoms with van der Waals surface area (Å²) < 4.78 is 22.7. The summed E-state index contributed by atoms with van der Waals surface area (Å²) in [5.41, 5.74) is 20.2. The van der Waals surface area contributed by atoms with E-state index >= 15 is 0 Å². The number of aryl methyl sites for hydroxylation is 11. The first-order chi connectivity index (χ1) is 35.9. The van der Waals surface area contributed by atoms with E-state index in [1.54, 1.807) is 46.4 Å². The minimum atomic E-state index is -1.87. The van der Waals surface area contributed by atoms with Crippen LogP contribution in [0.3, 0.4) is 0 Å². The van der Waals surface area contributed by atoms with Gasteiger partial charge in [0.25, 0.3) is 0 Å². The van der Waals surface area contributed by atoms with Gasteiger partial charge >= 0.3 is 116 Å². The number of aromatic nitrogens is 4. The van der Waals surface area contributed by atoms with E-state index in [-0.39, 0.29) is 14.9 Å². The number of fused-ring (bicyclic) bond motifs is 8. The van der Waals surface area contributed by atoms with Crippen LogP contribution in [0.1, 0.15) is 74.0 Å². The van der Waals surface area contributed by atoms with Crippen LogP contribution in [-0.2, 0) is 25.7 Å². The van der Waals surface area contributed by atoms with Crippen molar-refractivity contribution in [1.82, 2.24) is 17.5 Å². The average Bonchev–Trinajstić information content (AvgIpc) is 4.28. The summed E-state index contributed by atoms with van der Waals surface area (Å²) in [5.74, 6) is 0. The fourth-order valence-electron chi connectivity index (χ4n) is 9.80. The minimum absolute atomic E-state index is 0. The van der Waals surface area contributed by atoms with Crippen LogP contribution in [0, 0.1) is 48.5 Å². The summed E-state index contributed by atoms with van der Waals surface area (Å²) in [6, 6.07) is 27.6. The summed E-state index contributed by atoms with van der Waals surface area (Å²) in [7, 11) is 0. The first kappa shape index (κ1) is 57.7. The number of nitrogens with zero attached hydrogens (tertiary/aromatic N) is 4. The molecular formula is C60H58Br2N4S10Sn. The van der Waals surface area contributed by atoms with Crippen LogP contribution in [0.15, 0.2) is 80.4 Å². The van der Waals surface area contributed by atoms with Crippen molar-refractivity contribution in [3.8, 4) is 71.0 Å². The Kier molecular flexibility index (Phi) is 17.2. The number of hydrogen-bond donors (Lipinski definition) is 0. The largest absolute Gasteiger partial charge is 0.172 e. The van der Waals surface area contributed by atoms with Crippen molar-refractivity contribution in [3.05, 3.63) is 140 Å². The predicted molar refractivity (Wildman–Crippen MR) is 362 cm³/mol. The number of halogens is 2. The van der Waals surface area contributed by atoms with Crippen LogP contribution in [0.2, 0.25) is 14.8 Å². The molecule has 0 saturated heterocycles. The molecule has 10 aromatic heterocycles. The molecule has 10 heterocycles. The van der Waals surface area contributed by atoms with Crippen molar-refractivity contribution in [2.24, 2.45) is 0 Å². The van der Waals surface area contributed by atoms with E-state index < -0.39 is 18.4 Å². The zero-order valence-electron chi connectivity index (χ0n) is 42.9. The fourth-order valence-corrected chi connectivity index (χ4v) is 26.7. The Morgan fingerprint density at radius 1 is 0.377 bits per heavy atom. The van der Waals surface area contributed by atoms with Crippen LogP contribution >= 0.6 is 146 Å². The number of rotatable bonds is 6. The van der Waals surface area contributed by atoms with Crippen LogP contribution < -0.4 is 2.89 Å². The Morgan fingerprint density at radius 2 is 0.740 bits per heavy atom. The van der Waals surface area contributed by atoms with Gasteiger partial charge in [-0.05, 0) is 156 Å². The zero-order valence-corrected chi connectivity index (χ0v) is 57.1. The van der Waals surface area contributed by atoms with E-state index in [9.17, 15) is 0 Å². The van der Waals surface area contributed by atoms with Gasteiger partial charge in [-0.25, -0.2) is 0 Å². The second-order valence-electron chi connectivity index (χ2n) is 20.5. The molecule has 0 N–H and O–H groups in total. The van der Waals surface area contributed by atoms with E-state index in [0.29, 0.717) is 0 Å². The summed E-state index contributed by atoms with van der Waals surface area (Å²) in [6.07, 6.45) is 4.84. The van der Waals surface area contributed by atoms with Gasteiger partial charge in [0.1, 0.15) is 22.1 Å². The number of hydrogen-bond acceptors (Lipinski definition) is 14. The summed E-state index contributed by atoms with van der Waals surface area (Å²) in [5, 5.41) is 0. The molecule has 0 bridgehead atoms. The fraction of sp³-hybridized carbons (Fsp3) is 0.267. The first-order valence-corrected chi connectivity index (χ1v) is 44.2. The third-order valence-corrected chi connectivity index (χ3v) is 36.2. The molecule has 0 fully saturated rings. The molecule has 2 aliphatic rings. The molecule has 77 heavy (non-hydrogen) atoms. The van der Waals surface area contributed by atoms with E-state index in [2.05, 4.69) is 188 Å². The zero-order chi connectivity index (χ0) is 52.2. The molecule has 0 unspecified atom stereocenters. The van der Waals surface area contributed by atoms with Crippen LogP contribution in [0.5, 0.6) is 0 Å². The summed E-state index contributed by atoms with van der Waals surface area (Å²) in [4.78, 5) is 25.8. The van der Waals surface area contributed by atoms with Gasteiger partial charge in [0.15, 0.2) is 0 Å². The van der Waals surface area contributed by atoms with Crippen LogP contribution in [0.4, 0.5) is 0 Å². The maximum absolute atomic E-state index is 4.75. The third-order valence-electron chi connectivity index (χ3n) is 13.9. The smallest absolute Gasteiger partial charge is 0.114 e. The van der Waals surface area contributed by atoms with E-state index in [4.69, 9.17) is 8.75 Å². The molecular weight excluding hydrogens is 1380 g/mol. The molecule has 4 nitrogen and oxygen atoms in total. The van der Waals surface area contributed by atoms with Gasteiger partial charge in [0.05, 0.1) is 31.0 Å². The molecule has 0 atom stereocenters. The van der Waals surface area contributed by atoms with Gasteiger partial charge in [0, 0.05) is 71.0 Å². The van der Waals surface area contributed by atoms with Gasteiger partial charge in [-0.15, -0.1) is 68.0 Å². The molecule has 0 amide bonds. The molecule has 14 rings (SSSR count). The molecule has 0 saturated carbocycles. The standard InChI is InChI=1S/C28H22N2S5.C16H10Br2N2S3.C11H9S2.2CH4.3CH3.Sn/c1-13-9-21(32-16(13)4)19-7-8-20(25-24(19)29-35-30-25)22-10-14(2)26(33-22)23-12-18-6-5-17-11-15(3)31-27(17)28(18)34-23;1-7-5-11(21-15(7)17)9-3-4-10(14-13(9)19-23-20-14)12-6-8(2)16(18)22-12;1-7-6-9-3-2-8-4-5-12-10(8)11(9)13-7;;;;;;/h7-12H,5-6H2,1-4H3;3-6H,1-2H3;4,6H,2-3H2,1H3;2*1H4;3*1H3;. The van der Waals surface area contributed by atoms with Crippen molar-refractivity contribution < 1.29 is 0 Å². The van der Waals surface area contributed by atoms with Crippen LogP contribution in [0.25, 0.3) is 93.1 Å². The Labute approximate surface area is 514 Å². The molecule has 396 valence electrons. The Balaban J connectivity index is 0.000000139. The quantitative estimate of drug-likeness (QED) is 0.156. The first-order valence-electron chi connectivity index (χ1n) is 24.6. The molecule has 0 aliphatic heterocycles. The average molecular weight is 1430 g/mol. The number of thiophene rings is 8. The molecule has 17 heteroatoms.